The maximum atomic E-state index is 12.7. The van der Waals surface area contributed by atoms with Crippen LogP contribution in [0.4, 0.5) is 5.69 Å². The molecule has 0 bridgehead atoms. The van der Waals surface area contributed by atoms with Crippen molar-refractivity contribution in [3.63, 3.8) is 0 Å². The van der Waals surface area contributed by atoms with Crippen molar-refractivity contribution in [3.8, 4) is 0 Å². The Hall–Kier alpha value is -3.16. The molecule has 1 aromatic carbocycles. The van der Waals surface area contributed by atoms with Gasteiger partial charge in [0.1, 0.15) is 6.04 Å². The third-order valence-corrected chi connectivity index (χ3v) is 4.42. The van der Waals surface area contributed by atoms with Crippen molar-refractivity contribution in [2.75, 3.05) is 5.32 Å². The number of anilines is 1. The molecule has 0 fully saturated rings. The Morgan fingerprint density at radius 1 is 1.18 bits per heavy atom. The van der Waals surface area contributed by atoms with Gasteiger partial charge in [0.25, 0.3) is 0 Å². The molecule has 0 saturated heterocycles. The first kappa shape index (κ1) is 21.1. The average molecular weight is 386 g/mol. The van der Waals surface area contributed by atoms with E-state index in [1.54, 1.807) is 0 Å². The molecule has 2 amide bonds. The molecule has 0 spiro atoms. The van der Waals surface area contributed by atoms with Gasteiger partial charge in [-0.1, -0.05) is 44.2 Å². The summed E-state index contributed by atoms with van der Waals surface area (Å²) in [6, 6.07) is 8.55. The molecule has 8 nitrogen and oxygen atoms in total. The first-order valence-electron chi connectivity index (χ1n) is 9.04. The maximum Gasteiger partial charge on any atom is 0.331 e. The summed E-state index contributed by atoms with van der Waals surface area (Å²) in [4.78, 5) is 36.3. The summed E-state index contributed by atoms with van der Waals surface area (Å²) in [6.07, 6.45) is 3.02. The summed E-state index contributed by atoms with van der Waals surface area (Å²) >= 11 is 0. The van der Waals surface area contributed by atoms with Crippen molar-refractivity contribution in [1.29, 1.82) is 0 Å². The minimum Gasteiger partial charge on any atom is -0.479 e. The van der Waals surface area contributed by atoms with Gasteiger partial charge in [-0.2, -0.15) is 5.10 Å². The molecular weight excluding hydrogens is 360 g/mol. The summed E-state index contributed by atoms with van der Waals surface area (Å²) in [6.45, 7) is 6.69. The predicted octanol–water partition coefficient (Wildman–Crippen LogP) is 2.02. The molecule has 150 valence electrons. The van der Waals surface area contributed by atoms with Crippen LogP contribution in [0, 0.1) is 5.92 Å². The molecule has 1 unspecified atom stereocenters. The highest BCUT2D eigenvalue weighted by Crippen LogP contribution is 2.18. The van der Waals surface area contributed by atoms with E-state index in [-0.39, 0.29) is 24.2 Å². The normalized spacial score (nSPS) is 12.5. The molecule has 8 heteroatoms. The topological polar surface area (TPSA) is 113 Å². The molecular formula is C20H26N4O4. The van der Waals surface area contributed by atoms with Crippen molar-refractivity contribution in [2.45, 2.75) is 45.7 Å². The number of carboxylic acid groups (broad SMARTS) is 1. The van der Waals surface area contributed by atoms with Gasteiger partial charge in [0.05, 0.1) is 18.3 Å². The van der Waals surface area contributed by atoms with Crippen LogP contribution in [-0.4, -0.2) is 38.7 Å². The first-order valence-corrected chi connectivity index (χ1v) is 9.04. The number of aliphatic carboxylic acids is 1. The number of hydrogen-bond donors (Lipinski definition) is 3. The van der Waals surface area contributed by atoms with Crippen LogP contribution >= 0.6 is 0 Å². The number of aromatic nitrogens is 2. The lowest BCUT2D eigenvalue weighted by atomic mass is 10.0. The van der Waals surface area contributed by atoms with Crippen LogP contribution in [0.15, 0.2) is 42.7 Å². The van der Waals surface area contributed by atoms with Gasteiger partial charge in [-0.3, -0.25) is 14.3 Å². The number of amides is 2. The molecule has 0 aliphatic heterocycles. The van der Waals surface area contributed by atoms with Crippen molar-refractivity contribution in [3.05, 3.63) is 48.3 Å². The second kappa shape index (κ2) is 8.69. The number of rotatable bonds is 8. The molecule has 0 aliphatic carbocycles. The quantitative estimate of drug-likeness (QED) is 0.642. The maximum absolute atomic E-state index is 12.7. The Balaban J connectivity index is 2.04. The van der Waals surface area contributed by atoms with Crippen LogP contribution in [0.3, 0.4) is 0 Å². The van der Waals surface area contributed by atoms with E-state index in [4.69, 9.17) is 0 Å². The van der Waals surface area contributed by atoms with Crippen molar-refractivity contribution in [2.24, 2.45) is 5.92 Å². The summed E-state index contributed by atoms with van der Waals surface area (Å²) in [5, 5.41) is 18.8. The summed E-state index contributed by atoms with van der Waals surface area (Å²) < 4.78 is 1.27. The van der Waals surface area contributed by atoms with Gasteiger partial charge < -0.3 is 15.7 Å². The molecule has 2 rings (SSSR count). The van der Waals surface area contributed by atoms with E-state index in [0.29, 0.717) is 5.69 Å². The lowest BCUT2D eigenvalue weighted by Crippen LogP contribution is -2.47. The Kier molecular flexibility index (Phi) is 6.56. The molecule has 0 saturated carbocycles. The van der Waals surface area contributed by atoms with Gasteiger partial charge in [0.15, 0.2) is 5.54 Å². The number of carboxylic acids is 1. The number of nitrogens with one attached hydrogen (secondary N) is 2. The van der Waals surface area contributed by atoms with E-state index in [0.717, 1.165) is 5.56 Å². The van der Waals surface area contributed by atoms with Crippen molar-refractivity contribution in [1.82, 2.24) is 15.1 Å². The fourth-order valence-electron chi connectivity index (χ4n) is 2.55. The summed E-state index contributed by atoms with van der Waals surface area (Å²) in [5.41, 5.74) is -0.0213. The molecule has 1 atom stereocenters. The van der Waals surface area contributed by atoms with Crippen molar-refractivity contribution < 1.29 is 19.5 Å². The van der Waals surface area contributed by atoms with Crippen LogP contribution in [0.1, 0.15) is 33.3 Å². The zero-order valence-electron chi connectivity index (χ0n) is 16.5. The van der Waals surface area contributed by atoms with E-state index in [1.807, 2.05) is 44.2 Å². The van der Waals surface area contributed by atoms with Crippen LogP contribution < -0.4 is 10.6 Å². The highest BCUT2D eigenvalue weighted by atomic mass is 16.4. The van der Waals surface area contributed by atoms with E-state index < -0.39 is 17.6 Å². The molecule has 0 radical (unpaired) electrons. The van der Waals surface area contributed by atoms with Crippen LogP contribution in [-0.2, 0) is 26.3 Å². The van der Waals surface area contributed by atoms with Gasteiger partial charge in [-0.05, 0) is 25.3 Å². The van der Waals surface area contributed by atoms with Gasteiger partial charge in [0, 0.05) is 6.20 Å². The molecule has 28 heavy (non-hydrogen) atoms. The number of nitrogens with zero attached hydrogens (tertiary/aromatic N) is 2. The van der Waals surface area contributed by atoms with Gasteiger partial charge in [-0.15, -0.1) is 0 Å². The highest BCUT2D eigenvalue weighted by Gasteiger charge is 2.31. The molecule has 1 heterocycles. The van der Waals surface area contributed by atoms with E-state index in [2.05, 4.69) is 15.7 Å². The number of hydrogen-bond acceptors (Lipinski definition) is 4. The third kappa shape index (κ3) is 5.18. The van der Waals surface area contributed by atoms with Crippen LogP contribution in [0.5, 0.6) is 0 Å². The minimum atomic E-state index is -1.25. The SMILES string of the molecule is CC(C)C(NC(=O)Cc1ccccc1)C(=O)Nc1cnn(C(C)(C)C(=O)O)c1. The van der Waals surface area contributed by atoms with Gasteiger partial charge >= 0.3 is 5.97 Å². The van der Waals surface area contributed by atoms with Crippen LogP contribution in [0.2, 0.25) is 0 Å². The Bertz CT molecular complexity index is 843. The standard InChI is InChI=1S/C20H26N4O4/c1-13(2)17(23-16(25)10-14-8-6-5-7-9-14)18(26)22-15-11-21-24(12-15)20(3,4)19(27)28/h5-9,11-13,17H,10H2,1-4H3,(H,22,26)(H,23,25)(H,27,28). The smallest absolute Gasteiger partial charge is 0.331 e. The molecule has 0 aliphatic rings. The first-order chi connectivity index (χ1) is 13.1. The summed E-state index contributed by atoms with van der Waals surface area (Å²) in [5.74, 6) is -1.81. The fourth-order valence-corrected chi connectivity index (χ4v) is 2.55. The van der Waals surface area contributed by atoms with E-state index in [1.165, 1.54) is 30.9 Å². The minimum absolute atomic E-state index is 0.134. The van der Waals surface area contributed by atoms with Crippen LogP contribution in [0.25, 0.3) is 0 Å². The molecule has 1 aromatic heterocycles. The van der Waals surface area contributed by atoms with E-state index in [9.17, 15) is 19.5 Å². The third-order valence-electron chi connectivity index (χ3n) is 4.42. The van der Waals surface area contributed by atoms with Crippen molar-refractivity contribution >= 4 is 23.5 Å². The summed E-state index contributed by atoms with van der Waals surface area (Å²) in [7, 11) is 0. The Morgan fingerprint density at radius 3 is 2.39 bits per heavy atom. The van der Waals surface area contributed by atoms with Gasteiger partial charge in [0.2, 0.25) is 11.8 Å². The Labute approximate surface area is 163 Å². The second-order valence-corrected chi connectivity index (χ2v) is 7.48. The predicted molar refractivity (Wildman–Crippen MR) is 105 cm³/mol. The second-order valence-electron chi connectivity index (χ2n) is 7.48. The fraction of sp³-hybridized carbons (Fsp3) is 0.400. The largest absolute Gasteiger partial charge is 0.479 e. The lowest BCUT2D eigenvalue weighted by molar-refractivity contribution is -0.146. The number of carbonyl (C=O) groups excluding carboxylic acids is 2. The number of carbonyl (C=O) groups is 3. The number of benzene rings is 1. The average Bonchev–Trinajstić information content (AvgIpc) is 3.09. The molecule has 2 aromatic rings. The zero-order valence-corrected chi connectivity index (χ0v) is 16.5. The van der Waals surface area contributed by atoms with Gasteiger partial charge in [-0.25, -0.2) is 4.79 Å². The Morgan fingerprint density at radius 2 is 1.82 bits per heavy atom. The van der Waals surface area contributed by atoms with E-state index >= 15 is 0 Å². The lowest BCUT2D eigenvalue weighted by Gasteiger charge is -2.21. The monoisotopic (exact) mass is 386 g/mol. The zero-order chi connectivity index (χ0) is 20.9. The molecule has 3 N–H and O–H groups in total. The highest BCUT2D eigenvalue weighted by molar-refractivity contribution is 5.97.